The van der Waals surface area contributed by atoms with Crippen LogP contribution in [0, 0.1) is 11.3 Å². The fourth-order valence-corrected chi connectivity index (χ4v) is 2.28. The second-order valence-corrected chi connectivity index (χ2v) is 4.78. The molecule has 0 aliphatic rings. The van der Waals surface area contributed by atoms with Crippen LogP contribution in [0.4, 0.5) is 13.2 Å². The maximum Gasteiger partial charge on any atom is 0.417 e. The van der Waals surface area contributed by atoms with Crippen LogP contribution in [0.5, 0.6) is 0 Å². The quantitative estimate of drug-likeness (QED) is 0.852. The minimum absolute atomic E-state index is 0.210. The number of hydrogen-bond donors (Lipinski definition) is 2. The molecular formula is C11H7F3N4OS. The van der Waals surface area contributed by atoms with Crippen LogP contribution >= 0.6 is 11.8 Å². The first kappa shape index (κ1) is 14.2. The smallest absolute Gasteiger partial charge is 0.292 e. The average Bonchev–Trinajstić information content (AvgIpc) is 2.81. The minimum atomic E-state index is -4.58. The number of benzene rings is 1. The van der Waals surface area contributed by atoms with Gasteiger partial charge in [-0.15, -0.1) is 11.8 Å². The first-order valence-corrected chi connectivity index (χ1v) is 6.26. The molecule has 0 amide bonds. The number of aromatic amines is 2. The Hall–Kier alpha value is -2.21. The summed E-state index contributed by atoms with van der Waals surface area (Å²) in [5.41, 5.74) is -1.87. The highest BCUT2D eigenvalue weighted by Crippen LogP contribution is 2.34. The van der Waals surface area contributed by atoms with Crippen molar-refractivity contribution in [1.29, 1.82) is 5.26 Å². The van der Waals surface area contributed by atoms with Crippen LogP contribution in [-0.4, -0.2) is 15.2 Å². The van der Waals surface area contributed by atoms with E-state index in [2.05, 4.69) is 15.2 Å². The number of alkyl halides is 3. The van der Waals surface area contributed by atoms with Crippen molar-refractivity contribution in [1.82, 2.24) is 15.2 Å². The fraction of sp³-hybridized carbons (Fsp3) is 0.182. The first-order chi connectivity index (χ1) is 9.40. The first-order valence-electron chi connectivity index (χ1n) is 5.28. The van der Waals surface area contributed by atoms with Gasteiger partial charge in [0.1, 0.15) is 5.82 Å². The molecule has 2 N–H and O–H groups in total. The van der Waals surface area contributed by atoms with Gasteiger partial charge >= 0.3 is 11.9 Å². The van der Waals surface area contributed by atoms with Gasteiger partial charge in [0.25, 0.3) is 0 Å². The number of hydrogen-bond acceptors (Lipinski definition) is 4. The summed E-state index contributed by atoms with van der Waals surface area (Å²) >= 11 is 1.07. The zero-order valence-electron chi connectivity index (χ0n) is 9.78. The molecule has 0 atom stereocenters. The van der Waals surface area contributed by atoms with Gasteiger partial charge < -0.3 is 0 Å². The molecule has 20 heavy (non-hydrogen) atoms. The molecule has 0 aliphatic heterocycles. The standard InChI is InChI=1S/C11H7F3N4OS/c12-11(13,14)8-3-7(2-1-6(8)4-15)20-5-9-16-10(19)18-17-9/h1-3H,5H2,(H2,16,17,18,19). The molecule has 2 aromatic rings. The number of halogens is 3. The van der Waals surface area contributed by atoms with Gasteiger partial charge in [-0.2, -0.15) is 23.5 Å². The maximum atomic E-state index is 12.8. The second-order valence-electron chi connectivity index (χ2n) is 3.73. The molecule has 1 aromatic carbocycles. The number of H-pyrrole nitrogens is 2. The summed E-state index contributed by atoms with van der Waals surface area (Å²) in [5, 5.41) is 14.5. The molecule has 1 heterocycles. The Bertz CT molecular complexity index is 713. The largest absolute Gasteiger partial charge is 0.417 e. The Morgan fingerprint density at radius 3 is 2.70 bits per heavy atom. The second kappa shape index (κ2) is 5.42. The van der Waals surface area contributed by atoms with Crippen molar-refractivity contribution in [2.24, 2.45) is 0 Å². The van der Waals surface area contributed by atoms with Crippen molar-refractivity contribution in [2.45, 2.75) is 16.8 Å². The van der Waals surface area contributed by atoms with Crippen molar-refractivity contribution in [2.75, 3.05) is 0 Å². The zero-order chi connectivity index (χ0) is 14.8. The van der Waals surface area contributed by atoms with Crippen LogP contribution in [0.25, 0.3) is 0 Å². The van der Waals surface area contributed by atoms with Gasteiger partial charge in [0, 0.05) is 4.90 Å². The van der Waals surface area contributed by atoms with E-state index in [9.17, 15) is 18.0 Å². The van der Waals surface area contributed by atoms with E-state index >= 15 is 0 Å². The van der Waals surface area contributed by atoms with Crippen molar-refractivity contribution < 1.29 is 13.2 Å². The number of nitrogens with one attached hydrogen (secondary N) is 2. The van der Waals surface area contributed by atoms with Gasteiger partial charge in [0.15, 0.2) is 0 Å². The Kier molecular flexibility index (Phi) is 3.85. The number of thioether (sulfide) groups is 1. The SMILES string of the molecule is N#Cc1ccc(SCc2n[nH]c(=O)[nH]2)cc1C(F)(F)F. The molecule has 0 unspecified atom stereocenters. The van der Waals surface area contributed by atoms with Crippen LogP contribution in [0.15, 0.2) is 27.9 Å². The van der Waals surface area contributed by atoms with E-state index in [-0.39, 0.29) is 5.75 Å². The van der Waals surface area contributed by atoms with Gasteiger partial charge in [-0.3, -0.25) is 4.98 Å². The summed E-state index contributed by atoms with van der Waals surface area (Å²) in [7, 11) is 0. The lowest BCUT2D eigenvalue weighted by molar-refractivity contribution is -0.137. The van der Waals surface area contributed by atoms with Crippen LogP contribution in [0.2, 0.25) is 0 Å². The minimum Gasteiger partial charge on any atom is -0.292 e. The van der Waals surface area contributed by atoms with E-state index in [0.29, 0.717) is 10.7 Å². The molecule has 9 heteroatoms. The van der Waals surface area contributed by atoms with Crippen LogP contribution in [0.1, 0.15) is 17.0 Å². The van der Waals surface area contributed by atoms with E-state index in [1.165, 1.54) is 12.1 Å². The number of aromatic nitrogens is 3. The number of nitriles is 1. The average molecular weight is 300 g/mol. The summed E-state index contributed by atoms with van der Waals surface area (Å²) < 4.78 is 38.3. The topological polar surface area (TPSA) is 85.3 Å². The molecule has 2 rings (SSSR count). The Balaban J connectivity index is 2.21. The molecular weight excluding hydrogens is 293 g/mol. The summed E-state index contributed by atoms with van der Waals surface area (Å²) in [6.45, 7) is 0. The molecule has 104 valence electrons. The lowest BCUT2D eigenvalue weighted by Crippen LogP contribution is -2.07. The molecule has 0 saturated carbocycles. The van der Waals surface area contributed by atoms with Crippen LogP contribution in [-0.2, 0) is 11.9 Å². The highest BCUT2D eigenvalue weighted by Gasteiger charge is 2.33. The molecule has 0 spiro atoms. The predicted octanol–water partition coefficient (Wildman–Crippen LogP) is 2.28. The van der Waals surface area contributed by atoms with E-state index in [1.807, 2.05) is 0 Å². The van der Waals surface area contributed by atoms with Crippen LogP contribution < -0.4 is 5.69 Å². The molecule has 0 fully saturated rings. The molecule has 0 aliphatic carbocycles. The molecule has 0 bridgehead atoms. The maximum absolute atomic E-state index is 12.8. The summed E-state index contributed by atoms with van der Waals surface area (Å²) in [6.07, 6.45) is -4.58. The van der Waals surface area contributed by atoms with Gasteiger partial charge in [-0.05, 0) is 18.2 Å². The monoisotopic (exact) mass is 300 g/mol. The summed E-state index contributed by atoms with van der Waals surface area (Å²) in [4.78, 5) is 13.5. The van der Waals surface area contributed by atoms with Crippen LogP contribution in [0.3, 0.4) is 0 Å². The Morgan fingerprint density at radius 1 is 1.40 bits per heavy atom. The third-order valence-corrected chi connectivity index (χ3v) is 3.35. The Morgan fingerprint density at radius 2 is 2.15 bits per heavy atom. The predicted molar refractivity (Wildman–Crippen MR) is 64.9 cm³/mol. The molecule has 0 radical (unpaired) electrons. The molecule has 5 nitrogen and oxygen atoms in total. The van der Waals surface area contributed by atoms with Crippen molar-refractivity contribution in [3.05, 3.63) is 45.6 Å². The highest BCUT2D eigenvalue weighted by molar-refractivity contribution is 7.98. The normalized spacial score (nSPS) is 11.3. The van der Waals surface area contributed by atoms with E-state index < -0.39 is 23.0 Å². The highest BCUT2D eigenvalue weighted by atomic mass is 32.2. The third-order valence-electron chi connectivity index (χ3n) is 2.34. The lowest BCUT2D eigenvalue weighted by Gasteiger charge is -2.10. The summed E-state index contributed by atoms with van der Waals surface area (Å²) in [6, 6.07) is 4.97. The van der Waals surface area contributed by atoms with E-state index in [4.69, 9.17) is 5.26 Å². The molecule has 0 saturated heterocycles. The van der Waals surface area contributed by atoms with Gasteiger partial charge in [0.05, 0.1) is 22.9 Å². The summed E-state index contributed by atoms with van der Waals surface area (Å²) in [5.74, 6) is 0.542. The van der Waals surface area contributed by atoms with Gasteiger partial charge in [-0.1, -0.05) is 0 Å². The molecule has 1 aromatic heterocycles. The van der Waals surface area contributed by atoms with Gasteiger partial charge in [0.2, 0.25) is 0 Å². The van der Waals surface area contributed by atoms with Crippen molar-refractivity contribution in [3.63, 3.8) is 0 Å². The van der Waals surface area contributed by atoms with Crippen molar-refractivity contribution in [3.8, 4) is 6.07 Å². The lowest BCUT2D eigenvalue weighted by atomic mass is 10.1. The van der Waals surface area contributed by atoms with Gasteiger partial charge in [-0.25, -0.2) is 9.89 Å². The Labute approximate surface area is 114 Å². The zero-order valence-corrected chi connectivity index (χ0v) is 10.6. The third kappa shape index (κ3) is 3.21. The van der Waals surface area contributed by atoms with E-state index in [0.717, 1.165) is 23.9 Å². The number of nitrogens with zero attached hydrogens (tertiary/aromatic N) is 2. The van der Waals surface area contributed by atoms with Crippen molar-refractivity contribution >= 4 is 11.8 Å². The van der Waals surface area contributed by atoms with E-state index in [1.54, 1.807) is 0 Å². The number of rotatable bonds is 3. The fourth-order valence-electron chi connectivity index (χ4n) is 1.47.